The SMILES string of the molecule is CC(C)C[C@H](NC(=O)[C@H](CCO)NC(=O)c1cnc2ccccc2c1)[C@@H](O)C[C@@H](C)C(=O)N[C@H](C(=O)NC1c2ccccc2C[C@H]1O)C(C)C. The van der Waals surface area contributed by atoms with Crippen LogP contribution in [0.25, 0.3) is 10.9 Å². The van der Waals surface area contributed by atoms with Gasteiger partial charge in [-0.2, -0.15) is 0 Å². The van der Waals surface area contributed by atoms with Crippen molar-refractivity contribution in [3.63, 3.8) is 0 Å². The van der Waals surface area contributed by atoms with Crippen molar-refractivity contribution in [1.29, 1.82) is 0 Å². The summed E-state index contributed by atoms with van der Waals surface area (Å²) >= 11 is 0. The van der Waals surface area contributed by atoms with Gasteiger partial charge in [-0.05, 0) is 54.4 Å². The summed E-state index contributed by atoms with van der Waals surface area (Å²) in [6.45, 7) is 8.79. The lowest BCUT2D eigenvalue weighted by Crippen LogP contribution is -2.54. The Hall–Kier alpha value is -4.39. The first-order valence-electron chi connectivity index (χ1n) is 17.4. The van der Waals surface area contributed by atoms with E-state index in [4.69, 9.17) is 0 Å². The van der Waals surface area contributed by atoms with E-state index < -0.39 is 65.9 Å². The second-order valence-corrected chi connectivity index (χ2v) is 14.1. The minimum Gasteiger partial charge on any atom is -0.396 e. The van der Waals surface area contributed by atoms with E-state index in [0.29, 0.717) is 12.8 Å². The molecule has 0 aliphatic heterocycles. The van der Waals surface area contributed by atoms with E-state index >= 15 is 0 Å². The number of nitrogens with zero attached hydrogens (tertiary/aromatic N) is 1. The maximum absolute atomic E-state index is 13.5. The van der Waals surface area contributed by atoms with Gasteiger partial charge in [0.25, 0.3) is 5.91 Å². The van der Waals surface area contributed by atoms with E-state index in [1.165, 1.54) is 6.20 Å². The molecule has 1 aliphatic rings. The zero-order valence-corrected chi connectivity index (χ0v) is 29.4. The summed E-state index contributed by atoms with van der Waals surface area (Å²) in [5.74, 6) is -2.87. The zero-order chi connectivity index (χ0) is 36.5. The van der Waals surface area contributed by atoms with Gasteiger partial charge in [-0.3, -0.25) is 24.2 Å². The molecule has 0 spiro atoms. The molecule has 0 saturated heterocycles. The molecule has 12 heteroatoms. The van der Waals surface area contributed by atoms with Crippen molar-refractivity contribution in [3.8, 4) is 0 Å². The number of hydrogen-bond donors (Lipinski definition) is 7. The number of carbonyl (C=O) groups is 4. The Morgan fingerprint density at radius 3 is 2.28 bits per heavy atom. The second-order valence-electron chi connectivity index (χ2n) is 14.1. The average molecular weight is 690 g/mol. The molecule has 12 nitrogen and oxygen atoms in total. The molecule has 7 atom stereocenters. The Bertz CT molecular complexity index is 1650. The fourth-order valence-corrected chi connectivity index (χ4v) is 6.39. The topological polar surface area (TPSA) is 190 Å². The third-order valence-electron chi connectivity index (χ3n) is 9.20. The van der Waals surface area contributed by atoms with E-state index in [1.807, 2.05) is 76.2 Å². The minimum atomic E-state index is -1.13. The number of aliphatic hydroxyl groups excluding tert-OH is 3. The number of fused-ring (bicyclic) bond motifs is 2. The molecule has 0 bridgehead atoms. The highest BCUT2D eigenvalue weighted by atomic mass is 16.3. The van der Waals surface area contributed by atoms with Crippen LogP contribution in [0.5, 0.6) is 0 Å². The van der Waals surface area contributed by atoms with E-state index in [-0.39, 0.29) is 36.8 Å². The van der Waals surface area contributed by atoms with Crippen LogP contribution in [0.4, 0.5) is 0 Å². The quantitative estimate of drug-likeness (QED) is 0.119. The van der Waals surface area contributed by atoms with Gasteiger partial charge < -0.3 is 36.6 Å². The number of para-hydroxylation sites is 1. The van der Waals surface area contributed by atoms with Crippen molar-refractivity contribution < 1.29 is 34.5 Å². The summed E-state index contributed by atoms with van der Waals surface area (Å²) in [5, 5.41) is 43.7. The molecule has 4 amide bonds. The van der Waals surface area contributed by atoms with Crippen molar-refractivity contribution in [2.24, 2.45) is 17.8 Å². The number of pyridine rings is 1. The van der Waals surface area contributed by atoms with Crippen LogP contribution in [0.1, 0.15) is 81.4 Å². The van der Waals surface area contributed by atoms with E-state index in [2.05, 4.69) is 26.3 Å². The highest BCUT2D eigenvalue weighted by molar-refractivity contribution is 5.99. The molecule has 0 radical (unpaired) electrons. The van der Waals surface area contributed by atoms with Gasteiger partial charge in [0.1, 0.15) is 12.1 Å². The molecule has 0 fully saturated rings. The monoisotopic (exact) mass is 689 g/mol. The first kappa shape index (κ1) is 38.4. The van der Waals surface area contributed by atoms with E-state index in [0.717, 1.165) is 22.0 Å². The zero-order valence-electron chi connectivity index (χ0n) is 29.4. The fourth-order valence-electron chi connectivity index (χ4n) is 6.39. The summed E-state index contributed by atoms with van der Waals surface area (Å²) in [5.41, 5.74) is 2.80. The Morgan fingerprint density at radius 1 is 0.880 bits per heavy atom. The Labute approximate surface area is 293 Å². The fraction of sp³-hybridized carbons (Fsp3) is 0.500. The largest absolute Gasteiger partial charge is 0.396 e. The molecule has 270 valence electrons. The van der Waals surface area contributed by atoms with E-state index in [9.17, 15) is 34.5 Å². The lowest BCUT2D eigenvalue weighted by atomic mass is 9.91. The van der Waals surface area contributed by atoms with Crippen LogP contribution in [-0.2, 0) is 20.8 Å². The summed E-state index contributed by atoms with van der Waals surface area (Å²) in [6.07, 6.45) is 0.273. The van der Waals surface area contributed by atoms with Gasteiger partial charge in [-0.15, -0.1) is 0 Å². The molecule has 3 aromatic rings. The Balaban J connectivity index is 1.38. The lowest BCUT2D eigenvalue weighted by Gasteiger charge is -2.30. The third kappa shape index (κ3) is 9.86. The maximum atomic E-state index is 13.5. The van der Waals surface area contributed by atoms with Gasteiger partial charge >= 0.3 is 0 Å². The molecule has 0 saturated carbocycles. The summed E-state index contributed by atoms with van der Waals surface area (Å²) in [4.78, 5) is 57.6. The van der Waals surface area contributed by atoms with Crippen LogP contribution in [0.2, 0.25) is 0 Å². The number of aliphatic hydroxyl groups is 3. The number of nitrogens with one attached hydrogen (secondary N) is 4. The van der Waals surface area contributed by atoms with Gasteiger partial charge in [0, 0.05) is 30.5 Å². The number of benzene rings is 2. The molecular weight excluding hydrogens is 638 g/mol. The number of rotatable bonds is 16. The standard InChI is InChI=1S/C38H51N5O7/c1-21(2)16-30(41-37(49)29(14-15-44)40-36(48)26-18-25-11-7-9-13-28(25)39-20-26)31(45)17-23(5)35(47)42-33(22(3)4)38(50)43-34-27-12-8-6-10-24(27)19-32(34)46/h6-13,18,20-23,29-34,44-46H,14-17,19H2,1-5H3,(H,40,48)(H,41,49)(H,42,47)(H,43,50)/t23-,29+,30+,31+,32-,33+,34?/m1/s1. The van der Waals surface area contributed by atoms with Crippen LogP contribution in [-0.4, -0.2) is 80.9 Å². The van der Waals surface area contributed by atoms with Gasteiger partial charge in [0.2, 0.25) is 17.7 Å². The maximum Gasteiger partial charge on any atom is 0.253 e. The Morgan fingerprint density at radius 2 is 1.58 bits per heavy atom. The number of hydrogen-bond acceptors (Lipinski definition) is 8. The van der Waals surface area contributed by atoms with Crippen molar-refractivity contribution in [1.82, 2.24) is 26.3 Å². The Kier molecular flexibility index (Phi) is 13.5. The molecule has 7 N–H and O–H groups in total. The van der Waals surface area contributed by atoms with Gasteiger partial charge in [-0.1, -0.05) is 77.1 Å². The van der Waals surface area contributed by atoms with Gasteiger partial charge in [0.05, 0.1) is 35.4 Å². The van der Waals surface area contributed by atoms with Crippen LogP contribution in [0, 0.1) is 17.8 Å². The predicted octanol–water partition coefficient (Wildman–Crippen LogP) is 2.55. The smallest absolute Gasteiger partial charge is 0.253 e. The summed E-state index contributed by atoms with van der Waals surface area (Å²) in [7, 11) is 0. The highest BCUT2D eigenvalue weighted by Gasteiger charge is 2.36. The van der Waals surface area contributed by atoms with Crippen LogP contribution in [0.15, 0.2) is 60.8 Å². The molecule has 2 aromatic carbocycles. The van der Waals surface area contributed by atoms with Crippen molar-refractivity contribution in [3.05, 3.63) is 77.5 Å². The predicted molar refractivity (Wildman–Crippen MR) is 190 cm³/mol. The van der Waals surface area contributed by atoms with Crippen molar-refractivity contribution in [2.75, 3.05) is 6.61 Å². The molecule has 1 aromatic heterocycles. The third-order valence-corrected chi connectivity index (χ3v) is 9.20. The van der Waals surface area contributed by atoms with Crippen LogP contribution < -0.4 is 21.3 Å². The number of aromatic nitrogens is 1. The summed E-state index contributed by atoms with van der Waals surface area (Å²) < 4.78 is 0. The minimum absolute atomic E-state index is 0.00949. The van der Waals surface area contributed by atoms with Crippen LogP contribution in [0.3, 0.4) is 0 Å². The molecule has 1 heterocycles. The van der Waals surface area contributed by atoms with Crippen molar-refractivity contribution in [2.45, 2.75) is 96.7 Å². The normalized spacial score (nSPS) is 18.5. The molecule has 50 heavy (non-hydrogen) atoms. The molecular formula is C38H51N5O7. The van der Waals surface area contributed by atoms with E-state index in [1.54, 1.807) is 13.0 Å². The molecule has 1 aliphatic carbocycles. The van der Waals surface area contributed by atoms with Crippen LogP contribution >= 0.6 is 0 Å². The molecule has 1 unspecified atom stereocenters. The lowest BCUT2D eigenvalue weighted by molar-refractivity contribution is -0.133. The van der Waals surface area contributed by atoms with Gasteiger partial charge in [0.15, 0.2) is 0 Å². The first-order valence-corrected chi connectivity index (χ1v) is 17.4. The molecule has 4 rings (SSSR count). The van der Waals surface area contributed by atoms with Crippen molar-refractivity contribution >= 4 is 34.5 Å². The second kappa shape index (κ2) is 17.5. The first-order chi connectivity index (χ1) is 23.8. The van der Waals surface area contributed by atoms with Gasteiger partial charge in [-0.25, -0.2) is 0 Å². The summed E-state index contributed by atoms with van der Waals surface area (Å²) in [6, 6.07) is 13.2. The highest BCUT2D eigenvalue weighted by Crippen LogP contribution is 2.31. The number of carbonyl (C=O) groups excluding carboxylic acids is 4. The average Bonchev–Trinajstić information content (AvgIpc) is 3.39. The number of amides is 4.